The zero-order valence-electron chi connectivity index (χ0n) is 8.34. The van der Waals surface area contributed by atoms with E-state index in [-0.39, 0.29) is 5.75 Å². The molecular weight excluding hydrogens is 190 g/mol. The first kappa shape index (κ1) is 9.52. The lowest BCUT2D eigenvalue weighted by Gasteiger charge is -2.06. The Morgan fingerprint density at radius 3 is 2.60 bits per heavy atom. The van der Waals surface area contributed by atoms with Crippen LogP contribution in [0.5, 0.6) is 17.4 Å². The molecular formula is C12H11NO2. The molecule has 0 radical (unpaired) electrons. The van der Waals surface area contributed by atoms with Gasteiger partial charge in [0, 0.05) is 6.07 Å². The standard InChI is InChI=1S/C12H11NO2/c1-9-4-2-3-5-11(9)15-12-7-6-10(14)8-13-12/h2-8,14H,1H3. The fourth-order valence-electron chi connectivity index (χ4n) is 1.22. The van der Waals surface area contributed by atoms with E-state index in [9.17, 15) is 0 Å². The number of rotatable bonds is 2. The minimum Gasteiger partial charge on any atom is -0.506 e. The van der Waals surface area contributed by atoms with Crippen LogP contribution in [0.15, 0.2) is 42.6 Å². The van der Waals surface area contributed by atoms with Crippen LogP contribution in [-0.2, 0) is 0 Å². The third kappa shape index (κ3) is 2.26. The summed E-state index contributed by atoms with van der Waals surface area (Å²) < 4.78 is 5.54. The van der Waals surface area contributed by atoms with Crippen LogP contribution in [0.25, 0.3) is 0 Å². The maximum atomic E-state index is 9.06. The smallest absolute Gasteiger partial charge is 0.219 e. The molecule has 3 nitrogen and oxygen atoms in total. The maximum Gasteiger partial charge on any atom is 0.219 e. The predicted molar refractivity (Wildman–Crippen MR) is 57.2 cm³/mol. The summed E-state index contributed by atoms with van der Waals surface area (Å²) in [4.78, 5) is 3.94. The zero-order chi connectivity index (χ0) is 10.7. The van der Waals surface area contributed by atoms with E-state index < -0.39 is 0 Å². The van der Waals surface area contributed by atoms with Crippen molar-refractivity contribution in [3.63, 3.8) is 0 Å². The van der Waals surface area contributed by atoms with Gasteiger partial charge < -0.3 is 9.84 Å². The molecule has 2 aromatic rings. The van der Waals surface area contributed by atoms with Crippen molar-refractivity contribution < 1.29 is 9.84 Å². The summed E-state index contributed by atoms with van der Waals surface area (Å²) >= 11 is 0. The Labute approximate surface area is 88.0 Å². The van der Waals surface area contributed by atoms with Crippen LogP contribution in [-0.4, -0.2) is 10.1 Å². The quantitative estimate of drug-likeness (QED) is 0.812. The van der Waals surface area contributed by atoms with E-state index in [0.717, 1.165) is 11.3 Å². The average molecular weight is 201 g/mol. The van der Waals surface area contributed by atoms with Gasteiger partial charge in [-0.3, -0.25) is 0 Å². The Bertz CT molecular complexity index is 451. The van der Waals surface area contributed by atoms with Gasteiger partial charge in [0.15, 0.2) is 0 Å². The average Bonchev–Trinajstić information content (AvgIpc) is 2.25. The van der Waals surface area contributed by atoms with E-state index in [1.165, 1.54) is 6.20 Å². The van der Waals surface area contributed by atoms with Crippen molar-refractivity contribution in [2.24, 2.45) is 0 Å². The van der Waals surface area contributed by atoms with E-state index in [0.29, 0.717) is 5.88 Å². The number of aromatic hydroxyl groups is 1. The van der Waals surface area contributed by atoms with Crippen LogP contribution in [0, 0.1) is 6.92 Å². The van der Waals surface area contributed by atoms with Gasteiger partial charge in [0.05, 0.1) is 6.20 Å². The number of hydrogen-bond acceptors (Lipinski definition) is 3. The third-order valence-corrected chi connectivity index (χ3v) is 2.03. The molecule has 0 aliphatic carbocycles. The van der Waals surface area contributed by atoms with E-state index in [4.69, 9.17) is 9.84 Å². The topological polar surface area (TPSA) is 42.4 Å². The highest BCUT2D eigenvalue weighted by Gasteiger charge is 2.00. The largest absolute Gasteiger partial charge is 0.506 e. The van der Waals surface area contributed by atoms with Crippen molar-refractivity contribution in [2.75, 3.05) is 0 Å². The van der Waals surface area contributed by atoms with Crippen molar-refractivity contribution in [2.45, 2.75) is 6.92 Å². The molecule has 0 spiro atoms. The summed E-state index contributed by atoms with van der Waals surface area (Å²) in [5, 5.41) is 9.06. The van der Waals surface area contributed by atoms with Crippen LogP contribution in [0.3, 0.4) is 0 Å². The van der Waals surface area contributed by atoms with E-state index >= 15 is 0 Å². The Balaban J connectivity index is 2.22. The predicted octanol–water partition coefficient (Wildman–Crippen LogP) is 2.89. The molecule has 1 heterocycles. The normalized spacial score (nSPS) is 9.93. The molecule has 1 aromatic carbocycles. The van der Waals surface area contributed by atoms with Crippen LogP contribution < -0.4 is 4.74 Å². The fourth-order valence-corrected chi connectivity index (χ4v) is 1.22. The van der Waals surface area contributed by atoms with Gasteiger partial charge in [-0.1, -0.05) is 18.2 Å². The van der Waals surface area contributed by atoms with Gasteiger partial charge in [0.2, 0.25) is 5.88 Å². The summed E-state index contributed by atoms with van der Waals surface area (Å²) in [6.45, 7) is 1.97. The second-order valence-electron chi connectivity index (χ2n) is 3.22. The van der Waals surface area contributed by atoms with Crippen molar-refractivity contribution in [3.05, 3.63) is 48.2 Å². The number of hydrogen-bond donors (Lipinski definition) is 1. The summed E-state index contributed by atoms with van der Waals surface area (Å²) in [5.41, 5.74) is 1.05. The fraction of sp³-hybridized carbons (Fsp3) is 0.0833. The Hall–Kier alpha value is -2.03. The van der Waals surface area contributed by atoms with Gasteiger partial charge >= 0.3 is 0 Å². The molecule has 0 fully saturated rings. The van der Waals surface area contributed by atoms with Crippen molar-refractivity contribution in [1.29, 1.82) is 0 Å². The highest BCUT2D eigenvalue weighted by molar-refractivity contribution is 5.35. The molecule has 0 bridgehead atoms. The first-order valence-corrected chi connectivity index (χ1v) is 4.64. The molecule has 0 atom stereocenters. The van der Waals surface area contributed by atoms with Crippen LogP contribution in [0.4, 0.5) is 0 Å². The van der Waals surface area contributed by atoms with E-state index in [1.807, 2.05) is 31.2 Å². The second-order valence-corrected chi connectivity index (χ2v) is 3.22. The molecule has 0 amide bonds. The van der Waals surface area contributed by atoms with Gasteiger partial charge in [-0.2, -0.15) is 0 Å². The number of aromatic nitrogens is 1. The van der Waals surface area contributed by atoms with Crippen LogP contribution >= 0.6 is 0 Å². The number of nitrogens with zero attached hydrogens (tertiary/aromatic N) is 1. The molecule has 0 saturated carbocycles. The molecule has 1 N–H and O–H groups in total. The summed E-state index contributed by atoms with van der Waals surface area (Å²) in [7, 11) is 0. The lowest BCUT2D eigenvalue weighted by atomic mass is 10.2. The third-order valence-electron chi connectivity index (χ3n) is 2.03. The van der Waals surface area contributed by atoms with Gasteiger partial charge in [-0.05, 0) is 24.6 Å². The van der Waals surface area contributed by atoms with Gasteiger partial charge in [0.25, 0.3) is 0 Å². The number of para-hydroxylation sites is 1. The lowest BCUT2D eigenvalue weighted by Crippen LogP contribution is -1.88. The Kier molecular flexibility index (Phi) is 2.54. The number of aryl methyl sites for hydroxylation is 1. The zero-order valence-corrected chi connectivity index (χ0v) is 8.34. The number of pyridine rings is 1. The molecule has 0 unspecified atom stereocenters. The SMILES string of the molecule is Cc1ccccc1Oc1ccc(O)cn1. The molecule has 0 saturated heterocycles. The molecule has 15 heavy (non-hydrogen) atoms. The second kappa shape index (κ2) is 4.00. The summed E-state index contributed by atoms with van der Waals surface area (Å²) in [6, 6.07) is 10.9. The van der Waals surface area contributed by atoms with E-state index in [1.54, 1.807) is 12.1 Å². The molecule has 3 heteroatoms. The van der Waals surface area contributed by atoms with Gasteiger partial charge in [0.1, 0.15) is 11.5 Å². The van der Waals surface area contributed by atoms with Crippen molar-refractivity contribution >= 4 is 0 Å². The highest BCUT2D eigenvalue weighted by Crippen LogP contribution is 2.23. The lowest BCUT2D eigenvalue weighted by molar-refractivity contribution is 0.445. The van der Waals surface area contributed by atoms with Crippen molar-refractivity contribution in [1.82, 2.24) is 4.98 Å². The van der Waals surface area contributed by atoms with Gasteiger partial charge in [-0.15, -0.1) is 0 Å². The number of benzene rings is 1. The highest BCUT2D eigenvalue weighted by atomic mass is 16.5. The minimum absolute atomic E-state index is 0.132. The summed E-state index contributed by atoms with van der Waals surface area (Å²) in [5.74, 6) is 1.38. The van der Waals surface area contributed by atoms with Crippen molar-refractivity contribution in [3.8, 4) is 17.4 Å². The van der Waals surface area contributed by atoms with Gasteiger partial charge in [-0.25, -0.2) is 4.98 Å². The van der Waals surface area contributed by atoms with Crippen LogP contribution in [0.1, 0.15) is 5.56 Å². The monoisotopic (exact) mass is 201 g/mol. The first-order valence-electron chi connectivity index (χ1n) is 4.64. The molecule has 0 aliphatic rings. The maximum absolute atomic E-state index is 9.06. The Morgan fingerprint density at radius 2 is 1.93 bits per heavy atom. The first-order chi connectivity index (χ1) is 7.25. The molecule has 1 aromatic heterocycles. The van der Waals surface area contributed by atoms with Crippen LogP contribution in [0.2, 0.25) is 0 Å². The molecule has 0 aliphatic heterocycles. The Morgan fingerprint density at radius 1 is 1.13 bits per heavy atom. The van der Waals surface area contributed by atoms with E-state index in [2.05, 4.69) is 4.98 Å². The molecule has 2 rings (SSSR count). The summed E-state index contributed by atoms with van der Waals surface area (Å²) in [6.07, 6.45) is 1.35. The molecule has 76 valence electrons. The number of ether oxygens (including phenoxy) is 1. The minimum atomic E-state index is 0.132.